The second kappa shape index (κ2) is 9.75. The SMILES string of the molecule is CCCOc1cccc(N2C(=O)C(c3ccc(F)cc3)=C(N(C)C3CCN(C)CC3)C2=O)c1. The van der Waals surface area contributed by atoms with Crippen molar-refractivity contribution in [2.45, 2.75) is 32.2 Å². The van der Waals surface area contributed by atoms with Crippen LogP contribution in [0.2, 0.25) is 0 Å². The van der Waals surface area contributed by atoms with Crippen LogP contribution in [0.3, 0.4) is 0 Å². The molecule has 0 atom stereocenters. The van der Waals surface area contributed by atoms with Crippen LogP contribution in [0.1, 0.15) is 31.7 Å². The molecule has 7 heteroatoms. The van der Waals surface area contributed by atoms with Gasteiger partial charge < -0.3 is 14.5 Å². The van der Waals surface area contributed by atoms with E-state index in [1.54, 1.807) is 30.3 Å². The number of hydrogen-bond acceptors (Lipinski definition) is 5. The van der Waals surface area contributed by atoms with Crippen LogP contribution in [0.15, 0.2) is 54.2 Å². The highest BCUT2D eigenvalue weighted by Crippen LogP contribution is 2.37. The summed E-state index contributed by atoms with van der Waals surface area (Å²) in [4.78, 5) is 32.8. The molecule has 1 fully saturated rings. The topological polar surface area (TPSA) is 53.1 Å². The smallest absolute Gasteiger partial charge is 0.282 e. The standard InChI is InChI=1S/C26H30FN3O3/c1-4-16-33-22-7-5-6-21(17-22)30-25(31)23(18-8-10-19(27)11-9-18)24(26(30)32)29(3)20-12-14-28(2)15-13-20/h5-11,17,20H,4,12-16H2,1-3H3. The van der Waals surface area contributed by atoms with Crippen molar-refractivity contribution in [3.8, 4) is 5.75 Å². The molecule has 0 unspecified atom stereocenters. The third-order valence-corrected chi connectivity index (χ3v) is 6.33. The molecule has 0 bridgehead atoms. The van der Waals surface area contributed by atoms with E-state index in [1.807, 2.05) is 24.9 Å². The number of piperidine rings is 1. The molecule has 2 aromatic carbocycles. The summed E-state index contributed by atoms with van der Waals surface area (Å²) < 4.78 is 19.3. The molecule has 0 N–H and O–H groups in total. The van der Waals surface area contributed by atoms with Crippen LogP contribution in [0.25, 0.3) is 5.57 Å². The Morgan fingerprint density at radius 3 is 2.42 bits per heavy atom. The van der Waals surface area contributed by atoms with Crippen LogP contribution < -0.4 is 9.64 Å². The van der Waals surface area contributed by atoms with Crippen molar-refractivity contribution in [3.63, 3.8) is 0 Å². The zero-order valence-electron chi connectivity index (χ0n) is 19.4. The van der Waals surface area contributed by atoms with E-state index in [4.69, 9.17) is 4.74 Å². The maximum atomic E-state index is 13.7. The lowest BCUT2D eigenvalue weighted by molar-refractivity contribution is -0.120. The summed E-state index contributed by atoms with van der Waals surface area (Å²) in [7, 11) is 3.96. The van der Waals surface area contributed by atoms with E-state index >= 15 is 0 Å². The molecule has 2 aliphatic rings. The number of imide groups is 1. The van der Waals surface area contributed by atoms with Gasteiger partial charge in [-0.3, -0.25) is 9.59 Å². The van der Waals surface area contributed by atoms with E-state index in [-0.39, 0.29) is 17.8 Å². The Kier molecular flexibility index (Phi) is 6.79. The first kappa shape index (κ1) is 23.0. The molecule has 4 rings (SSSR count). The number of halogens is 1. The van der Waals surface area contributed by atoms with Gasteiger partial charge >= 0.3 is 0 Å². The minimum Gasteiger partial charge on any atom is -0.494 e. The number of hydrogen-bond donors (Lipinski definition) is 0. The van der Waals surface area contributed by atoms with E-state index < -0.39 is 5.91 Å². The van der Waals surface area contributed by atoms with Crippen LogP contribution in [-0.4, -0.2) is 61.4 Å². The maximum Gasteiger partial charge on any atom is 0.282 e. The van der Waals surface area contributed by atoms with Crippen LogP contribution in [0.4, 0.5) is 10.1 Å². The quantitative estimate of drug-likeness (QED) is 0.597. The molecular formula is C26H30FN3O3. The zero-order valence-corrected chi connectivity index (χ0v) is 19.4. The van der Waals surface area contributed by atoms with E-state index in [0.717, 1.165) is 32.4 Å². The van der Waals surface area contributed by atoms with Gasteiger partial charge in [0.05, 0.1) is 17.9 Å². The van der Waals surface area contributed by atoms with Crippen LogP contribution in [-0.2, 0) is 9.59 Å². The van der Waals surface area contributed by atoms with Gasteiger partial charge in [-0.15, -0.1) is 0 Å². The van der Waals surface area contributed by atoms with Gasteiger partial charge in [-0.25, -0.2) is 9.29 Å². The lowest BCUT2D eigenvalue weighted by Crippen LogP contribution is -2.43. The van der Waals surface area contributed by atoms with Gasteiger partial charge in [0, 0.05) is 19.2 Å². The van der Waals surface area contributed by atoms with Crippen molar-refractivity contribution in [1.29, 1.82) is 0 Å². The Bertz CT molecular complexity index is 1060. The highest BCUT2D eigenvalue weighted by molar-refractivity contribution is 6.45. The van der Waals surface area contributed by atoms with Gasteiger partial charge in [-0.1, -0.05) is 25.1 Å². The molecule has 2 aliphatic heterocycles. The first-order valence-corrected chi connectivity index (χ1v) is 11.4. The summed E-state index contributed by atoms with van der Waals surface area (Å²) >= 11 is 0. The molecule has 0 radical (unpaired) electrons. The van der Waals surface area contributed by atoms with Crippen molar-refractivity contribution < 1.29 is 18.7 Å². The number of ether oxygens (including phenoxy) is 1. The molecule has 33 heavy (non-hydrogen) atoms. The molecule has 2 aromatic rings. The summed E-state index contributed by atoms with van der Waals surface area (Å²) in [5.74, 6) is -0.559. The predicted molar refractivity (Wildman–Crippen MR) is 126 cm³/mol. The van der Waals surface area contributed by atoms with Crippen LogP contribution in [0, 0.1) is 5.82 Å². The fourth-order valence-corrected chi connectivity index (χ4v) is 4.45. The van der Waals surface area contributed by atoms with Crippen molar-refractivity contribution in [2.24, 2.45) is 0 Å². The summed E-state index contributed by atoms with van der Waals surface area (Å²) in [5, 5.41) is 0. The van der Waals surface area contributed by atoms with Gasteiger partial charge in [-0.05, 0) is 69.2 Å². The third kappa shape index (κ3) is 4.64. The number of amides is 2. The molecule has 0 aromatic heterocycles. The zero-order chi connectivity index (χ0) is 23.5. The summed E-state index contributed by atoms with van der Waals surface area (Å²) in [6.45, 7) is 4.42. The average molecular weight is 452 g/mol. The van der Waals surface area contributed by atoms with Crippen molar-refractivity contribution in [3.05, 3.63) is 65.6 Å². The van der Waals surface area contributed by atoms with Gasteiger partial charge in [0.15, 0.2) is 0 Å². The number of likely N-dealkylation sites (N-methyl/N-ethyl adjacent to an activating group) is 1. The molecule has 1 saturated heterocycles. The van der Waals surface area contributed by atoms with Crippen LogP contribution >= 0.6 is 0 Å². The van der Waals surface area contributed by atoms with E-state index in [1.165, 1.54) is 17.0 Å². The molecular weight excluding hydrogens is 421 g/mol. The molecule has 2 heterocycles. The first-order valence-electron chi connectivity index (χ1n) is 11.4. The minimum absolute atomic E-state index is 0.141. The fraction of sp³-hybridized carbons (Fsp3) is 0.385. The average Bonchev–Trinajstić information content (AvgIpc) is 3.08. The van der Waals surface area contributed by atoms with Gasteiger partial charge in [0.2, 0.25) is 0 Å². The highest BCUT2D eigenvalue weighted by atomic mass is 19.1. The number of carbonyl (C=O) groups is 2. The number of benzene rings is 2. The van der Waals surface area contributed by atoms with E-state index in [9.17, 15) is 14.0 Å². The van der Waals surface area contributed by atoms with Crippen molar-refractivity contribution in [2.75, 3.05) is 38.7 Å². The van der Waals surface area contributed by atoms with E-state index in [2.05, 4.69) is 11.9 Å². The Hall–Kier alpha value is -3.19. The number of carbonyl (C=O) groups excluding carboxylic acids is 2. The predicted octanol–water partition coefficient (Wildman–Crippen LogP) is 3.93. The molecule has 0 aliphatic carbocycles. The highest BCUT2D eigenvalue weighted by Gasteiger charge is 2.43. The maximum absolute atomic E-state index is 13.7. The Morgan fingerprint density at radius 1 is 1.06 bits per heavy atom. The molecule has 2 amide bonds. The second-order valence-corrected chi connectivity index (χ2v) is 8.67. The normalized spacial score (nSPS) is 17.8. The Balaban J connectivity index is 1.74. The monoisotopic (exact) mass is 451 g/mol. The van der Waals surface area contributed by atoms with Crippen molar-refractivity contribution in [1.82, 2.24) is 9.80 Å². The number of likely N-dealkylation sites (tertiary alicyclic amines) is 1. The number of rotatable bonds is 7. The Morgan fingerprint density at radius 2 is 1.76 bits per heavy atom. The van der Waals surface area contributed by atoms with E-state index in [0.29, 0.717) is 34.9 Å². The van der Waals surface area contributed by atoms with Crippen molar-refractivity contribution >= 4 is 23.1 Å². The molecule has 0 saturated carbocycles. The van der Waals surface area contributed by atoms with Gasteiger partial charge in [0.25, 0.3) is 11.8 Å². The second-order valence-electron chi connectivity index (χ2n) is 8.67. The molecule has 6 nitrogen and oxygen atoms in total. The first-order chi connectivity index (χ1) is 15.9. The number of nitrogens with zero attached hydrogens (tertiary/aromatic N) is 3. The van der Waals surface area contributed by atoms with Gasteiger partial charge in [0.1, 0.15) is 17.3 Å². The van der Waals surface area contributed by atoms with Crippen LogP contribution in [0.5, 0.6) is 5.75 Å². The number of anilines is 1. The fourth-order valence-electron chi connectivity index (χ4n) is 4.45. The largest absolute Gasteiger partial charge is 0.494 e. The summed E-state index contributed by atoms with van der Waals surface area (Å²) in [5.41, 5.74) is 1.66. The summed E-state index contributed by atoms with van der Waals surface area (Å²) in [6, 6.07) is 12.9. The Labute approximate surface area is 194 Å². The van der Waals surface area contributed by atoms with Gasteiger partial charge in [-0.2, -0.15) is 0 Å². The third-order valence-electron chi connectivity index (χ3n) is 6.33. The minimum atomic E-state index is -0.408. The lowest BCUT2D eigenvalue weighted by atomic mass is 10.00. The lowest BCUT2D eigenvalue weighted by Gasteiger charge is -2.36. The summed E-state index contributed by atoms with van der Waals surface area (Å²) in [6.07, 6.45) is 2.65. The molecule has 0 spiro atoms. The molecule has 174 valence electrons.